The normalized spacial score (nSPS) is 11.1. The number of aryl methyl sites for hydroxylation is 2. The van der Waals surface area contributed by atoms with Gasteiger partial charge in [0.2, 0.25) is 5.16 Å². The molecule has 3 aromatic rings. The van der Waals surface area contributed by atoms with Crippen LogP contribution in [0, 0.1) is 13.8 Å². The Morgan fingerprint density at radius 1 is 1.19 bits per heavy atom. The third kappa shape index (κ3) is 4.33. The monoisotopic (exact) mass is 382 g/mol. The van der Waals surface area contributed by atoms with Crippen LogP contribution in [-0.4, -0.2) is 31.3 Å². The second-order valence-corrected chi connectivity index (χ2v) is 7.61. The van der Waals surface area contributed by atoms with E-state index in [0.717, 1.165) is 47.7 Å². The molecule has 0 saturated carbocycles. The lowest BCUT2D eigenvalue weighted by atomic mass is 10.1. The number of carbonyl (C=O) groups excluding carboxylic acids is 1. The van der Waals surface area contributed by atoms with Crippen LogP contribution in [0.3, 0.4) is 0 Å². The van der Waals surface area contributed by atoms with Crippen molar-refractivity contribution in [2.24, 2.45) is 0 Å². The standard InChI is InChI=1S/C21H26N4OS/c1-5-11-25-14(3)12-18(15(25)4)19(26)13-27-21-22-20(23-24-21)17-9-7-16(6-2)8-10-17/h7-10,12H,5-6,11,13H2,1-4H3,(H,22,23,24). The fraction of sp³-hybridized carbons (Fsp3) is 0.381. The maximum atomic E-state index is 12.7. The molecule has 142 valence electrons. The van der Waals surface area contributed by atoms with Gasteiger partial charge in [-0.1, -0.05) is 49.9 Å². The third-order valence-corrected chi connectivity index (χ3v) is 5.60. The highest BCUT2D eigenvalue weighted by Crippen LogP contribution is 2.22. The van der Waals surface area contributed by atoms with E-state index in [2.05, 4.69) is 52.7 Å². The second-order valence-electron chi connectivity index (χ2n) is 6.67. The molecule has 27 heavy (non-hydrogen) atoms. The van der Waals surface area contributed by atoms with Crippen molar-refractivity contribution >= 4 is 17.5 Å². The maximum absolute atomic E-state index is 12.7. The number of nitrogens with one attached hydrogen (secondary N) is 1. The van der Waals surface area contributed by atoms with Gasteiger partial charge >= 0.3 is 0 Å². The number of carbonyl (C=O) groups is 1. The van der Waals surface area contributed by atoms with Crippen molar-refractivity contribution in [2.45, 2.75) is 52.2 Å². The first-order valence-electron chi connectivity index (χ1n) is 9.37. The number of hydrogen-bond acceptors (Lipinski definition) is 4. The summed E-state index contributed by atoms with van der Waals surface area (Å²) in [6.45, 7) is 9.30. The summed E-state index contributed by atoms with van der Waals surface area (Å²) in [5.74, 6) is 1.19. The van der Waals surface area contributed by atoms with Crippen molar-refractivity contribution in [3.63, 3.8) is 0 Å². The van der Waals surface area contributed by atoms with E-state index in [1.807, 2.05) is 25.1 Å². The summed E-state index contributed by atoms with van der Waals surface area (Å²) in [7, 11) is 0. The summed E-state index contributed by atoms with van der Waals surface area (Å²) < 4.78 is 2.21. The van der Waals surface area contributed by atoms with Gasteiger partial charge in [-0.2, -0.15) is 0 Å². The number of thioether (sulfide) groups is 1. The van der Waals surface area contributed by atoms with E-state index in [9.17, 15) is 4.79 Å². The zero-order valence-electron chi connectivity index (χ0n) is 16.4. The fourth-order valence-corrected chi connectivity index (χ4v) is 3.88. The lowest BCUT2D eigenvalue weighted by molar-refractivity contribution is 0.102. The molecular weight excluding hydrogens is 356 g/mol. The number of ketones is 1. The van der Waals surface area contributed by atoms with E-state index in [0.29, 0.717) is 10.9 Å². The number of H-pyrrole nitrogens is 1. The Hall–Kier alpha value is -2.34. The molecule has 0 bridgehead atoms. The van der Waals surface area contributed by atoms with Gasteiger partial charge in [0.15, 0.2) is 11.6 Å². The highest BCUT2D eigenvalue weighted by Gasteiger charge is 2.16. The average Bonchev–Trinajstić information content (AvgIpc) is 3.26. The molecule has 1 aromatic carbocycles. The van der Waals surface area contributed by atoms with Gasteiger partial charge in [0.05, 0.1) is 5.75 Å². The molecule has 0 aliphatic carbocycles. The fourth-order valence-electron chi connectivity index (χ4n) is 3.20. The number of hydrogen-bond donors (Lipinski definition) is 1. The van der Waals surface area contributed by atoms with Crippen LogP contribution in [0.25, 0.3) is 11.4 Å². The number of nitrogens with zero attached hydrogens (tertiary/aromatic N) is 3. The van der Waals surface area contributed by atoms with Crippen molar-refractivity contribution in [2.75, 3.05) is 5.75 Å². The lowest BCUT2D eigenvalue weighted by Crippen LogP contribution is -2.06. The molecular formula is C21H26N4OS. The Labute approximate surface area is 164 Å². The van der Waals surface area contributed by atoms with E-state index in [4.69, 9.17) is 0 Å². The molecule has 0 radical (unpaired) electrons. The van der Waals surface area contributed by atoms with Crippen molar-refractivity contribution in [3.05, 3.63) is 52.8 Å². The van der Waals surface area contributed by atoms with Crippen molar-refractivity contribution in [1.82, 2.24) is 19.7 Å². The van der Waals surface area contributed by atoms with Crippen LogP contribution < -0.4 is 0 Å². The summed E-state index contributed by atoms with van der Waals surface area (Å²) in [5, 5.41) is 7.81. The highest BCUT2D eigenvalue weighted by molar-refractivity contribution is 7.99. The molecule has 5 nitrogen and oxygen atoms in total. The first-order valence-corrected chi connectivity index (χ1v) is 10.4. The van der Waals surface area contributed by atoms with Crippen molar-refractivity contribution in [3.8, 4) is 11.4 Å². The van der Waals surface area contributed by atoms with Crippen LogP contribution in [0.2, 0.25) is 0 Å². The van der Waals surface area contributed by atoms with Crippen LogP contribution in [0.15, 0.2) is 35.5 Å². The smallest absolute Gasteiger partial charge is 0.209 e. The number of aromatic amines is 1. The molecule has 0 fully saturated rings. The van der Waals surface area contributed by atoms with E-state index >= 15 is 0 Å². The summed E-state index contributed by atoms with van der Waals surface area (Å²) in [6, 6.07) is 10.3. The molecule has 6 heteroatoms. The zero-order chi connectivity index (χ0) is 19.4. The summed E-state index contributed by atoms with van der Waals surface area (Å²) >= 11 is 1.37. The van der Waals surface area contributed by atoms with Crippen LogP contribution in [0.4, 0.5) is 0 Å². The van der Waals surface area contributed by atoms with Crippen LogP contribution in [0.5, 0.6) is 0 Å². The van der Waals surface area contributed by atoms with Crippen LogP contribution >= 0.6 is 11.8 Å². The van der Waals surface area contributed by atoms with Crippen LogP contribution in [0.1, 0.15) is 47.6 Å². The molecule has 0 aliphatic rings. The Kier molecular flexibility index (Phi) is 6.16. The Bertz CT molecular complexity index is 924. The predicted molar refractivity (Wildman–Crippen MR) is 110 cm³/mol. The Morgan fingerprint density at radius 3 is 2.59 bits per heavy atom. The molecule has 0 amide bonds. The molecule has 3 rings (SSSR count). The molecule has 2 aromatic heterocycles. The SMILES string of the molecule is CCCn1c(C)cc(C(=O)CSc2n[nH]c(-c3ccc(CC)cc3)n2)c1C. The number of benzene rings is 1. The molecule has 0 atom stereocenters. The third-order valence-electron chi connectivity index (χ3n) is 4.75. The first-order chi connectivity index (χ1) is 13.0. The van der Waals surface area contributed by atoms with E-state index in [-0.39, 0.29) is 5.78 Å². The van der Waals surface area contributed by atoms with Gasteiger partial charge in [-0.25, -0.2) is 4.98 Å². The van der Waals surface area contributed by atoms with Crippen LogP contribution in [-0.2, 0) is 13.0 Å². The summed E-state index contributed by atoms with van der Waals surface area (Å²) in [6.07, 6.45) is 2.07. The van der Waals surface area contributed by atoms with Crippen molar-refractivity contribution in [1.29, 1.82) is 0 Å². The Morgan fingerprint density at radius 2 is 1.93 bits per heavy atom. The summed E-state index contributed by atoms with van der Waals surface area (Å²) in [4.78, 5) is 17.2. The van der Waals surface area contributed by atoms with Gasteiger partial charge in [0, 0.05) is 29.1 Å². The van der Waals surface area contributed by atoms with E-state index in [1.54, 1.807) is 0 Å². The average molecular weight is 383 g/mol. The number of Topliss-reactive ketones (excluding diaryl/α,β-unsaturated/α-hetero) is 1. The lowest BCUT2D eigenvalue weighted by Gasteiger charge is -2.07. The quantitative estimate of drug-likeness (QED) is 0.447. The number of rotatable bonds is 8. The van der Waals surface area contributed by atoms with Crippen molar-refractivity contribution < 1.29 is 4.79 Å². The topological polar surface area (TPSA) is 63.6 Å². The van der Waals surface area contributed by atoms with E-state index < -0.39 is 0 Å². The minimum absolute atomic E-state index is 0.120. The second kappa shape index (κ2) is 8.57. The van der Waals surface area contributed by atoms with Gasteiger partial charge in [-0.3, -0.25) is 9.89 Å². The maximum Gasteiger partial charge on any atom is 0.209 e. The Balaban J connectivity index is 1.66. The van der Waals surface area contributed by atoms with Gasteiger partial charge in [0.1, 0.15) is 0 Å². The molecule has 0 saturated heterocycles. The van der Waals surface area contributed by atoms with Gasteiger partial charge < -0.3 is 4.57 Å². The molecule has 0 aliphatic heterocycles. The summed E-state index contributed by atoms with van der Waals surface area (Å²) in [5.41, 5.74) is 5.28. The highest BCUT2D eigenvalue weighted by atomic mass is 32.2. The van der Waals surface area contributed by atoms with Gasteiger partial charge in [0.25, 0.3) is 0 Å². The van der Waals surface area contributed by atoms with Gasteiger partial charge in [-0.05, 0) is 38.3 Å². The molecule has 1 N–H and O–H groups in total. The largest absolute Gasteiger partial charge is 0.348 e. The minimum atomic E-state index is 0.120. The van der Waals surface area contributed by atoms with Gasteiger partial charge in [-0.15, -0.1) is 5.10 Å². The van der Waals surface area contributed by atoms with E-state index in [1.165, 1.54) is 17.3 Å². The molecule has 0 spiro atoms. The molecule has 2 heterocycles. The zero-order valence-corrected chi connectivity index (χ0v) is 17.2. The first kappa shape index (κ1) is 19.4. The minimum Gasteiger partial charge on any atom is -0.348 e. The molecule has 0 unspecified atom stereocenters. The number of aromatic nitrogens is 4. The predicted octanol–water partition coefficient (Wildman–Crippen LogP) is 4.84.